The molecule has 0 fully saturated rings. The average molecular weight is 463 g/mol. The van der Waals surface area contributed by atoms with Crippen LogP contribution < -0.4 is 10.9 Å². The Kier molecular flexibility index (Phi) is 6.94. The highest BCUT2D eigenvalue weighted by molar-refractivity contribution is 6.30. The Morgan fingerprint density at radius 2 is 1.79 bits per heavy atom. The Morgan fingerprint density at radius 3 is 2.55 bits per heavy atom. The molecule has 0 radical (unpaired) electrons. The molecule has 0 bridgehead atoms. The number of aromatic nitrogens is 3. The number of benzene rings is 2. The van der Waals surface area contributed by atoms with Gasteiger partial charge in [0.05, 0.1) is 11.6 Å². The molecule has 0 spiro atoms. The van der Waals surface area contributed by atoms with E-state index in [1.165, 1.54) is 10.2 Å². The topological polar surface area (TPSA) is 68.9 Å². The van der Waals surface area contributed by atoms with E-state index >= 15 is 0 Å². The van der Waals surface area contributed by atoms with Crippen molar-refractivity contribution in [3.63, 3.8) is 0 Å². The molecule has 0 aliphatic rings. The summed E-state index contributed by atoms with van der Waals surface area (Å²) in [6.45, 7) is 4.96. The van der Waals surface area contributed by atoms with E-state index in [9.17, 15) is 9.59 Å². The van der Waals surface area contributed by atoms with Crippen LogP contribution in [-0.2, 0) is 24.3 Å². The molecule has 7 heteroatoms. The minimum atomic E-state index is -0.252. The first-order valence-electron chi connectivity index (χ1n) is 11.0. The number of halogens is 1. The van der Waals surface area contributed by atoms with Crippen LogP contribution in [0.4, 0.5) is 0 Å². The maximum Gasteiger partial charge on any atom is 0.276 e. The molecule has 33 heavy (non-hydrogen) atoms. The first-order valence-corrected chi connectivity index (χ1v) is 11.4. The molecule has 1 N–H and O–H groups in total. The van der Waals surface area contributed by atoms with Crippen LogP contribution in [-0.4, -0.2) is 26.8 Å². The summed E-state index contributed by atoms with van der Waals surface area (Å²) < 4.78 is 3.33. The lowest BCUT2D eigenvalue weighted by atomic mass is 10.1. The van der Waals surface area contributed by atoms with Gasteiger partial charge in [0.15, 0.2) is 0 Å². The molecule has 0 saturated carbocycles. The number of carbonyl (C=O) groups excluding carboxylic acids is 1. The number of carbonyl (C=O) groups is 1. The van der Waals surface area contributed by atoms with Gasteiger partial charge in [0.1, 0.15) is 6.54 Å². The summed E-state index contributed by atoms with van der Waals surface area (Å²) in [6, 6.07) is 17.8. The standard InChI is InChI=1S/C26H27ClN4O2/c1-18-23-15-29-31(17-24(32)28-13-7-11-20-8-4-3-5-9-20)26(33)25(23)19(2)30(18)16-21-10-6-12-22(27)14-21/h3-6,8-10,12,14-15H,7,11,13,16-17H2,1-2H3,(H,28,32). The number of aryl methyl sites for hydroxylation is 3. The van der Waals surface area contributed by atoms with Crippen LogP contribution in [0.15, 0.2) is 65.6 Å². The molecule has 0 atom stereocenters. The quantitative estimate of drug-likeness (QED) is 0.398. The lowest BCUT2D eigenvalue weighted by molar-refractivity contribution is -0.121. The van der Waals surface area contributed by atoms with Crippen molar-refractivity contribution in [2.45, 2.75) is 39.8 Å². The van der Waals surface area contributed by atoms with Gasteiger partial charge in [-0.1, -0.05) is 54.1 Å². The third-order valence-corrected chi connectivity index (χ3v) is 6.17. The summed E-state index contributed by atoms with van der Waals surface area (Å²) in [5.41, 5.74) is 3.86. The third-order valence-electron chi connectivity index (χ3n) is 5.94. The van der Waals surface area contributed by atoms with E-state index in [4.69, 9.17) is 11.6 Å². The van der Waals surface area contributed by atoms with Crippen LogP contribution in [0.2, 0.25) is 5.02 Å². The van der Waals surface area contributed by atoms with Crippen LogP contribution >= 0.6 is 11.6 Å². The number of nitrogens with zero attached hydrogens (tertiary/aromatic N) is 3. The monoisotopic (exact) mass is 462 g/mol. The summed E-state index contributed by atoms with van der Waals surface area (Å²) in [5, 5.41) is 9.24. The van der Waals surface area contributed by atoms with Crippen LogP contribution in [0.1, 0.15) is 28.9 Å². The van der Waals surface area contributed by atoms with E-state index < -0.39 is 0 Å². The molecule has 170 valence electrons. The molecule has 0 saturated heterocycles. The number of rotatable bonds is 8. The van der Waals surface area contributed by atoms with E-state index in [-0.39, 0.29) is 18.0 Å². The zero-order valence-electron chi connectivity index (χ0n) is 18.8. The number of fused-ring (bicyclic) bond motifs is 1. The first kappa shape index (κ1) is 22.8. The Hall–Kier alpha value is -3.38. The SMILES string of the molecule is Cc1c2cnn(CC(=O)NCCCc3ccccc3)c(=O)c2c(C)n1Cc1cccc(Cl)c1. The molecular weight excluding hydrogens is 436 g/mol. The maximum absolute atomic E-state index is 13.2. The molecule has 2 aromatic heterocycles. The van der Waals surface area contributed by atoms with Crippen molar-refractivity contribution in [3.05, 3.63) is 98.7 Å². The van der Waals surface area contributed by atoms with Crippen molar-refractivity contribution < 1.29 is 4.79 Å². The summed E-state index contributed by atoms with van der Waals surface area (Å²) in [5.74, 6) is -0.218. The van der Waals surface area contributed by atoms with Gasteiger partial charge in [-0.3, -0.25) is 9.59 Å². The molecule has 6 nitrogen and oxygen atoms in total. The second-order valence-electron chi connectivity index (χ2n) is 8.22. The van der Waals surface area contributed by atoms with E-state index in [0.717, 1.165) is 35.2 Å². The van der Waals surface area contributed by atoms with Crippen molar-refractivity contribution in [1.82, 2.24) is 19.7 Å². The minimum absolute atomic E-state index is 0.0991. The number of amides is 1. The Morgan fingerprint density at radius 1 is 1.03 bits per heavy atom. The largest absolute Gasteiger partial charge is 0.354 e. The fraction of sp³-hybridized carbons (Fsp3) is 0.269. The van der Waals surface area contributed by atoms with Crippen molar-refractivity contribution in [1.29, 1.82) is 0 Å². The molecular formula is C26H27ClN4O2. The zero-order valence-corrected chi connectivity index (χ0v) is 19.6. The van der Waals surface area contributed by atoms with Crippen molar-refractivity contribution in [3.8, 4) is 0 Å². The molecule has 0 aliphatic heterocycles. The maximum atomic E-state index is 13.2. The molecule has 0 aliphatic carbocycles. The second-order valence-corrected chi connectivity index (χ2v) is 8.66. The lowest BCUT2D eigenvalue weighted by Gasteiger charge is -2.09. The van der Waals surface area contributed by atoms with Crippen LogP contribution in [0, 0.1) is 13.8 Å². The molecule has 1 amide bonds. The molecule has 2 heterocycles. The van der Waals surface area contributed by atoms with Crippen molar-refractivity contribution in [2.75, 3.05) is 6.54 Å². The Bertz CT molecular complexity index is 1340. The van der Waals surface area contributed by atoms with Crippen molar-refractivity contribution >= 4 is 28.3 Å². The number of hydrogen-bond acceptors (Lipinski definition) is 3. The van der Waals surface area contributed by atoms with Gasteiger partial charge in [0, 0.05) is 34.9 Å². The van der Waals surface area contributed by atoms with E-state index in [2.05, 4.69) is 27.1 Å². The van der Waals surface area contributed by atoms with Gasteiger partial charge in [-0.25, -0.2) is 4.68 Å². The van der Waals surface area contributed by atoms with Gasteiger partial charge in [0.25, 0.3) is 5.56 Å². The van der Waals surface area contributed by atoms with E-state index in [1.807, 2.05) is 56.3 Å². The predicted octanol–water partition coefficient (Wildman–Crippen LogP) is 4.27. The summed E-state index contributed by atoms with van der Waals surface area (Å²) in [6.07, 6.45) is 3.40. The van der Waals surface area contributed by atoms with Gasteiger partial charge in [-0.05, 0) is 49.9 Å². The lowest BCUT2D eigenvalue weighted by Crippen LogP contribution is -2.34. The molecule has 4 aromatic rings. The predicted molar refractivity (Wildman–Crippen MR) is 132 cm³/mol. The zero-order chi connectivity index (χ0) is 23.4. The molecule has 4 rings (SSSR count). The van der Waals surface area contributed by atoms with Gasteiger partial charge in [-0.15, -0.1) is 0 Å². The third kappa shape index (κ3) is 5.17. The number of nitrogens with one attached hydrogen (secondary N) is 1. The van der Waals surface area contributed by atoms with Crippen molar-refractivity contribution in [2.24, 2.45) is 0 Å². The first-order chi connectivity index (χ1) is 15.9. The van der Waals surface area contributed by atoms with Crippen LogP contribution in [0.25, 0.3) is 10.8 Å². The van der Waals surface area contributed by atoms with Gasteiger partial charge in [-0.2, -0.15) is 5.10 Å². The van der Waals surface area contributed by atoms with Gasteiger partial charge < -0.3 is 9.88 Å². The van der Waals surface area contributed by atoms with Crippen LogP contribution in [0.5, 0.6) is 0 Å². The van der Waals surface area contributed by atoms with E-state index in [0.29, 0.717) is 23.5 Å². The Labute approximate surface area is 197 Å². The molecule has 0 unspecified atom stereocenters. The van der Waals surface area contributed by atoms with Gasteiger partial charge in [0.2, 0.25) is 5.91 Å². The van der Waals surface area contributed by atoms with Gasteiger partial charge >= 0.3 is 0 Å². The minimum Gasteiger partial charge on any atom is -0.354 e. The highest BCUT2D eigenvalue weighted by atomic mass is 35.5. The highest BCUT2D eigenvalue weighted by Gasteiger charge is 2.17. The summed E-state index contributed by atoms with van der Waals surface area (Å²) >= 11 is 6.13. The van der Waals surface area contributed by atoms with Crippen LogP contribution in [0.3, 0.4) is 0 Å². The van der Waals surface area contributed by atoms with E-state index in [1.54, 1.807) is 6.20 Å². The summed E-state index contributed by atoms with van der Waals surface area (Å²) in [4.78, 5) is 25.6. The normalized spacial score (nSPS) is 11.1. The second kappa shape index (κ2) is 10.0. The fourth-order valence-corrected chi connectivity index (χ4v) is 4.38. The average Bonchev–Trinajstić information content (AvgIpc) is 3.04. The Balaban J connectivity index is 1.46. The number of hydrogen-bond donors (Lipinski definition) is 1. The fourth-order valence-electron chi connectivity index (χ4n) is 4.17. The smallest absolute Gasteiger partial charge is 0.276 e. The molecule has 2 aromatic carbocycles. The highest BCUT2D eigenvalue weighted by Crippen LogP contribution is 2.23. The summed E-state index contributed by atoms with van der Waals surface area (Å²) in [7, 11) is 0.